The largest absolute Gasteiger partial charge is 0.550 e. The number of aliphatic carboxylic acids is 1. The Kier molecular flexibility index (Phi) is 14.5. The summed E-state index contributed by atoms with van der Waals surface area (Å²) >= 11 is -0.839. The summed E-state index contributed by atoms with van der Waals surface area (Å²) in [6.07, 6.45) is 14.6. The predicted molar refractivity (Wildman–Crippen MR) is 172 cm³/mol. The molecule has 0 amide bonds. The maximum atomic E-state index is 11.5. The van der Waals surface area contributed by atoms with E-state index in [4.69, 9.17) is 0 Å². The minimum atomic E-state index is -0.998. The number of hydrogen-bond donors (Lipinski definition) is 3. The Labute approximate surface area is 265 Å². The number of fused-ring (bicyclic) bond motifs is 5. The predicted octanol–water partition coefficient (Wildman–Crippen LogP) is 7.00. The molecule has 0 spiro atoms. The van der Waals surface area contributed by atoms with Crippen molar-refractivity contribution in [2.75, 3.05) is 0 Å². The number of unbranched alkanes of at least 4 members (excludes halogenated alkanes) is 3. The van der Waals surface area contributed by atoms with Gasteiger partial charge in [-0.1, -0.05) is 20.8 Å². The first-order valence-corrected chi connectivity index (χ1v) is 24.1. The van der Waals surface area contributed by atoms with Crippen LogP contribution in [-0.2, 0) is 4.79 Å². The number of aliphatic hydroxyl groups excluding tert-OH is 3. The molecule has 6 heteroatoms. The molecule has 0 bridgehead atoms. The molecule has 11 atom stereocenters. The summed E-state index contributed by atoms with van der Waals surface area (Å²) in [5.74, 6) is 0.635. The fraction of sp³-hybridized carbons (Fsp3) is 0.972. The van der Waals surface area contributed by atoms with Gasteiger partial charge >= 0.3 is 92.4 Å². The third-order valence-corrected chi connectivity index (χ3v) is 22.1. The van der Waals surface area contributed by atoms with Gasteiger partial charge < -0.3 is 25.2 Å². The summed E-state index contributed by atoms with van der Waals surface area (Å²) in [5.41, 5.74) is -0.172. The van der Waals surface area contributed by atoms with E-state index in [9.17, 15) is 25.2 Å². The van der Waals surface area contributed by atoms with Crippen LogP contribution in [0.15, 0.2) is 0 Å². The van der Waals surface area contributed by atoms with Crippen LogP contribution in [0.4, 0.5) is 0 Å². The average molecular weight is 698 g/mol. The summed E-state index contributed by atoms with van der Waals surface area (Å²) in [5, 5.41) is 43.9. The summed E-state index contributed by atoms with van der Waals surface area (Å²) < 4.78 is 5.04. The van der Waals surface area contributed by atoms with E-state index >= 15 is 0 Å². The fourth-order valence-electron chi connectivity index (χ4n) is 10.3. The van der Waals surface area contributed by atoms with Crippen molar-refractivity contribution in [3.8, 4) is 0 Å². The molecule has 0 aromatic heterocycles. The minimum absolute atomic E-state index is 0.0747. The van der Waals surface area contributed by atoms with Crippen molar-refractivity contribution < 1.29 is 25.2 Å². The van der Waals surface area contributed by atoms with E-state index in [-0.39, 0.29) is 53.1 Å². The van der Waals surface area contributed by atoms with E-state index in [1.165, 1.54) is 38.5 Å². The number of carboxylic acid groups (broad SMARTS) is 1. The molecule has 4 aliphatic carbocycles. The molecule has 5 nitrogen and oxygen atoms in total. The van der Waals surface area contributed by atoms with Crippen molar-refractivity contribution >= 4 is 25.7 Å². The van der Waals surface area contributed by atoms with E-state index in [2.05, 4.69) is 41.5 Å². The van der Waals surface area contributed by atoms with Crippen molar-refractivity contribution in [1.29, 1.82) is 0 Å². The van der Waals surface area contributed by atoms with Gasteiger partial charge in [-0.25, -0.2) is 0 Å². The minimum Gasteiger partial charge on any atom is -0.550 e. The Morgan fingerprint density at radius 1 is 0.881 bits per heavy atom. The Balaban J connectivity index is 0.000000316. The Morgan fingerprint density at radius 2 is 1.48 bits per heavy atom. The van der Waals surface area contributed by atoms with Gasteiger partial charge in [0.1, 0.15) is 0 Å². The maximum absolute atomic E-state index is 11.5. The third-order valence-electron chi connectivity index (χ3n) is 13.0. The first-order valence-electron chi connectivity index (χ1n) is 18.0. The maximum Gasteiger partial charge on any atom is 0.0602 e. The molecule has 4 saturated carbocycles. The molecule has 0 aromatic rings. The summed E-state index contributed by atoms with van der Waals surface area (Å²) in [7, 11) is 0. The van der Waals surface area contributed by atoms with Gasteiger partial charge in [-0.05, 0) is 104 Å². The van der Waals surface area contributed by atoms with Crippen LogP contribution in [-0.4, -0.2) is 59.4 Å². The number of aliphatic hydroxyl groups is 3. The Hall–Kier alpha value is 0.149. The zero-order chi connectivity index (χ0) is 31.1. The molecule has 4 fully saturated rings. The van der Waals surface area contributed by atoms with Crippen LogP contribution in [0.5, 0.6) is 0 Å². The number of carboxylic acids is 1. The molecule has 244 valence electrons. The molecule has 0 unspecified atom stereocenters. The second-order valence-corrected chi connectivity index (χ2v) is 24.0. The normalized spacial score (nSPS) is 39.7. The summed E-state index contributed by atoms with van der Waals surface area (Å²) in [4.78, 5) is 11.0. The number of carbonyl (C=O) groups is 1. The molecular formula is C36H66O5Sn. The monoisotopic (exact) mass is 698 g/mol. The standard InChI is InChI=1S/C24H40O5.3C4H9.Sn/c1-13(4-7-21(28)29)16-5-6-17-22-18(12-20(27)24(16,17)3)23(2)9-8-15(25)10-14(23)11-19(22)26;3*1-3-4-2;/h13-20,22,25-27H,4-12H2,1-3H3,(H,28,29);3*1,3-4H2,2H3;/q;;;;+1/p-1/t13-,14+,15-,16-,17+,18+,19-,20+,22+,23+,24-;;;;/m1..../s1. The molecule has 42 heavy (non-hydrogen) atoms. The molecule has 0 aromatic carbocycles. The fourth-order valence-corrected chi connectivity index (χ4v) is 19.8. The summed E-state index contributed by atoms with van der Waals surface area (Å²) in [6, 6.07) is 0. The average Bonchev–Trinajstić information content (AvgIpc) is 3.31. The second-order valence-electron chi connectivity index (χ2n) is 15.5. The van der Waals surface area contributed by atoms with Gasteiger partial charge in [0.05, 0.1) is 18.3 Å². The van der Waals surface area contributed by atoms with Gasteiger partial charge in [0.2, 0.25) is 0 Å². The van der Waals surface area contributed by atoms with E-state index in [1.807, 2.05) is 0 Å². The molecule has 0 radical (unpaired) electrons. The first kappa shape index (κ1) is 36.6. The van der Waals surface area contributed by atoms with Crippen LogP contribution >= 0.6 is 0 Å². The van der Waals surface area contributed by atoms with Gasteiger partial charge in [0, 0.05) is 5.97 Å². The third kappa shape index (κ3) is 8.29. The Bertz CT molecular complexity index is 804. The molecule has 3 N–H and O–H groups in total. The van der Waals surface area contributed by atoms with Crippen LogP contribution in [0.25, 0.3) is 0 Å². The van der Waals surface area contributed by atoms with E-state index in [0.29, 0.717) is 18.3 Å². The topological polar surface area (TPSA) is 101 Å². The second kappa shape index (κ2) is 16.6. The van der Waals surface area contributed by atoms with Gasteiger partial charge in [-0.2, -0.15) is 0 Å². The molecule has 0 aliphatic heterocycles. The van der Waals surface area contributed by atoms with Crippen molar-refractivity contribution in [3.63, 3.8) is 0 Å². The SMILES string of the molecule is CCC[CH2][Sn+]([CH2]CCC)[CH2]CCC.C[C@H](CCC(=O)[O-])[C@H]1CC[C@H]2[C@@H]3[C@H](O)C[C@@H]4C[C@H](O)CC[C@]4(C)[C@H]3C[C@H](O)[C@]12C. The van der Waals surface area contributed by atoms with Crippen LogP contribution in [0.1, 0.15) is 138 Å². The number of hydrogen-bond acceptors (Lipinski definition) is 5. The van der Waals surface area contributed by atoms with Gasteiger partial charge in [0.25, 0.3) is 0 Å². The zero-order valence-corrected chi connectivity index (χ0v) is 30.9. The van der Waals surface area contributed by atoms with E-state index in [1.54, 1.807) is 13.3 Å². The van der Waals surface area contributed by atoms with Crippen LogP contribution < -0.4 is 5.11 Å². The molecule has 0 saturated heterocycles. The summed E-state index contributed by atoms with van der Waals surface area (Å²) in [6.45, 7) is 13.7. The van der Waals surface area contributed by atoms with Crippen molar-refractivity contribution in [2.24, 2.45) is 46.3 Å². The van der Waals surface area contributed by atoms with Crippen LogP contribution in [0.3, 0.4) is 0 Å². The van der Waals surface area contributed by atoms with Crippen molar-refractivity contribution in [1.82, 2.24) is 0 Å². The first-order chi connectivity index (χ1) is 19.9. The van der Waals surface area contributed by atoms with Gasteiger partial charge in [-0.3, -0.25) is 0 Å². The Morgan fingerprint density at radius 3 is 2.02 bits per heavy atom. The molecule has 4 rings (SSSR count). The zero-order valence-electron chi connectivity index (χ0n) is 28.1. The van der Waals surface area contributed by atoms with Crippen LogP contribution in [0.2, 0.25) is 13.3 Å². The number of carbonyl (C=O) groups excluding carboxylic acids is 1. The smallest absolute Gasteiger partial charge is 0.0602 e. The van der Waals surface area contributed by atoms with Crippen LogP contribution in [0, 0.1) is 46.3 Å². The molecule has 0 heterocycles. The van der Waals surface area contributed by atoms with E-state index < -0.39 is 31.8 Å². The van der Waals surface area contributed by atoms with Gasteiger partial charge in [0.15, 0.2) is 0 Å². The quantitative estimate of drug-likeness (QED) is 0.180. The van der Waals surface area contributed by atoms with Crippen molar-refractivity contribution in [2.45, 2.75) is 169 Å². The van der Waals surface area contributed by atoms with Gasteiger partial charge in [-0.15, -0.1) is 0 Å². The number of rotatable bonds is 13. The van der Waals surface area contributed by atoms with Crippen molar-refractivity contribution in [3.05, 3.63) is 0 Å². The molecule has 4 aliphatic rings. The van der Waals surface area contributed by atoms with E-state index in [0.717, 1.165) is 44.9 Å². The molecular weight excluding hydrogens is 631 g/mol.